The van der Waals surface area contributed by atoms with Crippen LogP contribution in [-0.2, 0) is 11.3 Å². The average molecular weight is 291 g/mol. The maximum absolute atomic E-state index is 6.05. The fourth-order valence-electron chi connectivity index (χ4n) is 2.75. The number of ether oxygens (including phenoxy) is 3. The topological polar surface area (TPSA) is 39.7 Å². The molecule has 2 atom stereocenters. The third-order valence-corrected chi connectivity index (χ3v) is 4.17. The summed E-state index contributed by atoms with van der Waals surface area (Å²) in [5.41, 5.74) is 1.16. The molecule has 1 aromatic rings. The molecule has 1 saturated carbocycles. The highest BCUT2D eigenvalue weighted by molar-refractivity contribution is 5.46. The average Bonchev–Trinajstić information content (AvgIpc) is 3.24. The first kappa shape index (κ1) is 14.7. The number of para-hydroxylation sites is 1. The monoisotopic (exact) mass is 291 g/mol. The number of rotatable bonds is 7. The van der Waals surface area contributed by atoms with E-state index in [0.717, 1.165) is 36.4 Å². The van der Waals surface area contributed by atoms with Crippen molar-refractivity contribution in [2.24, 2.45) is 0 Å². The summed E-state index contributed by atoms with van der Waals surface area (Å²) >= 11 is 0. The maximum Gasteiger partial charge on any atom is 0.165 e. The Morgan fingerprint density at radius 2 is 2.10 bits per heavy atom. The predicted octanol–water partition coefficient (Wildman–Crippen LogP) is 2.89. The van der Waals surface area contributed by atoms with Crippen LogP contribution in [0.5, 0.6) is 11.5 Å². The van der Waals surface area contributed by atoms with Gasteiger partial charge in [-0.3, -0.25) is 0 Å². The maximum atomic E-state index is 6.05. The Bertz CT molecular complexity index is 473. The summed E-state index contributed by atoms with van der Waals surface area (Å²) in [4.78, 5) is 0. The predicted molar refractivity (Wildman–Crippen MR) is 81.9 cm³/mol. The van der Waals surface area contributed by atoms with Gasteiger partial charge < -0.3 is 19.5 Å². The van der Waals surface area contributed by atoms with Gasteiger partial charge in [-0.1, -0.05) is 12.1 Å². The van der Waals surface area contributed by atoms with Gasteiger partial charge in [-0.2, -0.15) is 0 Å². The fraction of sp³-hybridized carbons (Fsp3) is 0.647. The molecule has 0 aromatic heterocycles. The molecule has 1 aliphatic heterocycles. The Kier molecular flexibility index (Phi) is 4.66. The molecule has 4 heteroatoms. The Morgan fingerprint density at radius 3 is 2.76 bits per heavy atom. The van der Waals surface area contributed by atoms with E-state index in [4.69, 9.17) is 14.2 Å². The summed E-state index contributed by atoms with van der Waals surface area (Å²) < 4.78 is 17.3. The largest absolute Gasteiger partial charge is 0.493 e. The lowest BCUT2D eigenvalue weighted by atomic mass is 10.1. The van der Waals surface area contributed by atoms with Crippen molar-refractivity contribution in [3.05, 3.63) is 23.8 Å². The molecule has 0 spiro atoms. The Hall–Kier alpha value is -1.26. The van der Waals surface area contributed by atoms with Gasteiger partial charge in [0.2, 0.25) is 0 Å². The molecule has 116 valence electrons. The lowest BCUT2D eigenvalue weighted by Crippen LogP contribution is -2.20. The van der Waals surface area contributed by atoms with Crippen molar-refractivity contribution < 1.29 is 14.2 Å². The van der Waals surface area contributed by atoms with Gasteiger partial charge >= 0.3 is 0 Å². The Balaban J connectivity index is 1.64. The zero-order valence-electron chi connectivity index (χ0n) is 12.9. The van der Waals surface area contributed by atoms with Crippen molar-refractivity contribution in [1.29, 1.82) is 0 Å². The second-order valence-corrected chi connectivity index (χ2v) is 6.06. The molecule has 1 heterocycles. The van der Waals surface area contributed by atoms with Crippen LogP contribution in [0, 0.1) is 0 Å². The normalized spacial score (nSPS) is 25.0. The van der Waals surface area contributed by atoms with E-state index in [1.165, 1.54) is 12.8 Å². The van der Waals surface area contributed by atoms with E-state index in [-0.39, 0.29) is 6.10 Å². The van der Waals surface area contributed by atoms with Crippen LogP contribution in [0.25, 0.3) is 0 Å². The Morgan fingerprint density at radius 1 is 1.24 bits per heavy atom. The van der Waals surface area contributed by atoms with Gasteiger partial charge in [-0.15, -0.1) is 0 Å². The molecule has 2 fully saturated rings. The molecule has 21 heavy (non-hydrogen) atoms. The molecule has 0 bridgehead atoms. The Labute approximate surface area is 126 Å². The van der Waals surface area contributed by atoms with Crippen molar-refractivity contribution in [2.75, 3.05) is 13.7 Å². The lowest BCUT2D eigenvalue weighted by molar-refractivity contribution is 0.0256. The van der Waals surface area contributed by atoms with E-state index in [1.54, 1.807) is 7.11 Å². The van der Waals surface area contributed by atoms with E-state index in [0.29, 0.717) is 18.8 Å². The zero-order chi connectivity index (χ0) is 14.7. The number of benzene rings is 1. The second-order valence-electron chi connectivity index (χ2n) is 6.06. The third-order valence-electron chi connectivity index (χ3n) is 4.17. The van der Waals surface area contributed by atoms with Crippen LogP contribution in [0.15, 0.2) is 18.2 Å². The molecule has 3 rings (SSSR count). The van der Waals surface area contributed by atoms with Crippen molar-refractivity contribution in [2.45, 2.75) is 57.4 Å². The van der Waals surface area contributed by atoms with E-state index >= 15 is 0 Å². The van der Waals surface area contributed by atoms with Crippen molar-refractivity contribution in [1.82, 2.24) is 5.32 Å². The van der Waals surface area contributed by atoms with E-state index in [9.17, 15) is 0 Å². The number of hydrogen-bond acceptors (Lipinski definition) is 4. The minimum absolute atomic E-state index is 0.203. The van der Waals surface area contributed by atoms with Crippen molar-refractivity contribution >= 4 is 0 Å². The van der Waals surface area contributed by atoms with Gasteiger partial charge in [0.25, 0.3) is 0 Å². The SMILES string of the molecule is COc1cccc(CNC2CC2)c1OCC1CCC(C)O1. The highest BCUT2D eigenvalue weighted by Crippen LogP contribution is 2.33. The van der Waals surface area contributed by atoms with Gasteiger partial charge in [-0.05, 0) is 38.7 Å². The van der Waals surface area contributed by atoms with Crippen LogP contribution in [-0.4, -0.2) is 32.0 Å². The minimum Gasteiger partial charge on any atom is -0.493 e. The highest BCUT2D eigenvalue weighted by Gasteiger charge is 2.24. The number of nitrogens with one attached hydrogen (secondary N) is 1. The van der Waals surface area contributed by atoms with E-state index < -0.39 is 0 Å². The summed E-state index contributed by atoms with van der Waals surface area (Å²) in [7, 11) is 1.69. The van der Waals surface area contributed by atoms with Crippen LogP contribution in [0.2, 0.25) is 0 Å². The van der Waals surface area contributed by atoms with Crippen molar-refractivity contribution in [3.8, 4) is 11.5 Å². The molecule has 1 aromatic carbocycles. The van der Waals surface area contributed by atoms with Crippen LogP contribution >= 0.6 is 0 Å². The smallest absolute Gasteiger partial charge is 0.165 e. The molecular weight excluding hydrogens is 266 g/mol. The first-order valence-corrected chi connectivity index (χ1v) is 7.93. The van der Waals surface area contributed by atoms with E-state index in [2.05, 4.69) is 18.3 Å². The third kappa shape index (κ3) is 3.89. The quantitative estimate of drug-likeness (QED) is 0.838. The molecule has 1 saturated heterocycles. The van der Waals surface area contributed by atoms with E-state index in [1.807, 2.05) is 12.1 Å². The van der Waals surface area contributed by atoms with Crippen LogP contribution in [0.4, 0.5) is 0 Å². The van der Waals surface area contributed by atoms with Crippen LogP contribution in [0.1, 0.15) is 38.2 Å². The summed E-state index contributed by atoms with van der Waals surface area (Å²) in [5.74, 6) is 1.66. The first-order valence-electron chi connectivity index (χ1n) is 7.93. The fourth-order valence-corrected chi connectivity index (χ4v) is 2.75. The van der Waals surface area contributed by atoms with Gasteiger partial charge in [-0.25, -0.2) is 0 Å². The second kappa shape index (κ2) is 6.67. The van der Waals surface area contributed by atoms with Gasteiger partial charge in [0, 0.05) is 18.2 Å². The summed E-state index contributed by atoms with van der Waals surface area (Å²) in [6.45, 7) is 3.55. The number of methoxy groups -OCH3 is 1. The zero-order valence-corrected chi connectivity index (χ0v) is 12.9. The minimum atomic E-state index is 0.203. The summed E-state index contributed by atoms with van der Waals surface area (Å²) in [6, 6.07) is 6.76. The summed E-state index contributed by atoms with van der Waals surface area (Å²) in [5, 5.41) is 3.53. The molecule has 1 aliphatic carbocycles. The molecule has 2 unspecified atom stereocenters. The van der Waals surface area contributed by atoms with Crippen LogP contribution in [0.3, 0.4) is 0 Å². The van der Waals surface area contributed by atoms with Crippen molar-refractivity contribution in [3.63, 3.8) is 0 Å². The van der Waals surface area contributed by atoms with Gasteiger partial charge in [0.1, 0.15) is 6.61 Å². The first-order chi connectivity index (χ1) is 10.3. The molecule has 0 amide bonds. The highest BCUT2D eigenvalue weighted by atomic mass is 16.6. The van der Waals surface area contributed by atoms with Gasteiger partial charge in [0.05, 0.1) is 19.3 Å². The molecule has 2 aliphatic rings. The molecular formula is C17H25NO3. The summed E-state index contributed by atoms with van der Waals surface area (Å²) in [6.07, 6.45) is 5.32. The van der Waals surface area contributed by atoms with Crippen LogP contribution < -0.4 is 14.8 Å². The molecule has 0 radical (unpaired) electrons. The van der Waals surface area contributed by atoms with Gasteiger partial charge in [0.15, 0.2) is 11.5 Å². The molecule has 1 N–H and O–H groups in total. The molecule has 4 nitrogen and oxygen atoms in total. The standard InChI is InChI=1S/C17H25NO3/c1-12-6-9-15(21-12)11-20-17-13(10-18-14-7-8-14)4-3-5-16(17)19-2/h3-5,12,14-15,18H,6-11H2,1-2H3. The number of hydrogen-bond donors (Lipinski definition) is 1. The lowest BCUT2D eigenvalue weighted by Gasteiger charge is -2.18.